The van der Waals surface area contributed by atoms with E-state index in [4.69, 9.17) is 0 Å². The van der Waals surface area contributed by atoms with Gasteiger partial charge in [-0.15, -0.1) is 0 Å². The molecule has 0 N–H and O–H groups in total. The summed E-state index contributed by atoms with van der Waals surface area (Å²) >= 11 is 3.35. The van der Waals surface area contributed by atoms with E-state index in [1.165, 1.54) is 6.20 Å². The van der Waals surface area contributed by atoms with Crippen LogP contribution in [0.2, 0.25) is 0 Å². The molecule has 1 saturated carbocycles. The van der Waals surface area contributed by atoms with Gasteiger partial charge in [-0.1, -0.05) is 15.9 Å². The van der Waals surface area contributed by atoms with Crippen LogP contribution in [0.3, 0.4) is 0 Å². The molecule has 1 heterocycles. The Balaban J connectivity index is 2.16. The van der Waals surface area contributed by atoms with Crippen molar-refractivity contribution in [1.29, 1.82) is 0 Å². The number of aromatic nitrogens is 1. The van der Waals surface area contributed by atoms with Crippen molar-refractivity contribution >= 4 is 38.3 Å². The van der Waals surface area contributed by atoms with Gasteiger partial charge in [0.15, 0.2) is 0 Å². The summed E-state index contributed by atoms with van der Waals surface area (Å²) in [6.07, 6.45) is 3.15. The Morgan fingerprint density at radius 1 is 1.45 bits per heavy atom. The van der Waals surface area contributed by atoms with Crippen molar-refractivity contribution in [2.75, 3.05) is 0 Å². The number of hydrogen-bond donors (Lipinski definition) is 0. The molecule has 2 aromatic rings. The highest BCUT2D eigenvalue weighted by molar-refractivity contribution is 9.10. The Kier molecular flexibility index (Phi) is 3.25. The molecule has 102 valence electrons. The van der Waals surface area contributed by atoms with E-state index in [9.17, 15) is 14.9 Å². The maximum Gasteiger partial charge on any atom is 0.291 e. The molecule has 0 bridgehead atoms. The lowest BCUT2D eigenvalue weighted by Gasteiger charge is -2.07. The molecule has 0 atom stereocenters. The van der Waals surface area contributed by atoms with Crippen LogP contribution in [0.1, 0.15) is 18.4 Å². The molecule has 6 heteroatoms. The van der Waals surface area contributed by atoms with Gasteiger partial charge < -0.3 is 0 Å². The van der Waals surface area contributed by atoms with E-state index in [1.54, 1.807) is 12.1 Å². The SMILES string of the molecule is O=C(Cc1c([N+](=O)[O-])cnc2ccc(Br)cc12)C1CC1. The molecule has 0 saturated heterocycles. The summed E-state index contributed by atoms with van der Waals surface area (Å²) in [6.45, 7) is 0. The van der Waals surface area contributed by atoms with Crippen LogP contribution < -0.4 is 0 Å². The first-order valence-electron chi connectivity index (χ1n) is 6.30. The molecule has 1 aliphatic rings. The highest BCUT2D eigenvalue weighted by atomic mass is 79.9. The van der Waals surface area contributed by atoms with Gasteiger partial charge in [0.25, 0.3) is 5.69 Å². The van der Waals surface area contributed by atoms with Gasteiger partial charge in [-0.05, 0) is 31.0 Å². The number of nitro groups is 1. The quantitative estimate of drug-likeness (QED) is 0.634. The zero-order chi connectivity index (χ0) is 14.3. The Bertz CT molecular complexity index is 726. The van der Waals surface area contributed by atoms with Crippen molar-refractivity contribution in [1.82, 2.24) is 4.98 Å². The van der Waals surface area contributed by atoms with Crippen molar-refractivity contribution in [3.8, 4) is 0 Å². The summed E-state index contributed by atoms with van der Waals surface area (Å²) < 4.78 is 0.812. The second kappa shape index (κ2) is 4.94. The standard InChI is InChI=1S/C14H11BrN2O3/c15-9-3-4-12-10(5-9)11(6-14(18)8-1-2-8)13(7-16-12)17(19)20/h3-5,7-8H,1-2,6H2. The lowest BCUT2D eigenvalue weighted by Crippen LogP contribution is -2.08. The summed E-state index contributed by atoms with van der Waals surface area (Å²) in [5.41, 5.74) is 1.06. The Labute approximate surface area is 123 Å². The molecule has 0 radical (unpaired) electrons. The summed E-state index contributed by atoms with van der Waals surface area (Å²) in [6, 6.07) is 5.40. The van der Waals surface area contributed by atoms with Crippen molar-refractivity contribution < 1.29 is 9.72 Å². The average Bonchev–Trinajstić information content (AvgIpc) is 3.23. The summed E-state index contributed by atoms with van der Waals surface area (Å²) in [5, 5.41) is 11.8. The number of carbonyl (C=O) groups excluding carboxylic acids is 1. The van der Waals surface area contributed by atoms with Gasteiger partial charge in [-0.3, -0.25) is 14.9 Å². The molecule has 3 rings (SSSR count). The van der Waals surface area contributed by atoms with E-state index in [1.807, 2.05) is 6.07 Å². The monoisotopic (exact) mass is 334 g/mol. The van der Waals surface area contributed by atoms with Gasteiger partial charge in [0, 0.05) is 27.8 Å². The first-order chi connectivity index (χ1) is 9.56. The fourth-order valence-electron chi connectivity index (χ4n) is 2.28. The minimum atomic E-state index is -0.469. The highest BCUT2D eigenvalue weighted by Gasteiger charge is 2.31. The predicted octanol–water partition coefficient (Wildman–Crippen LogP) is 3.43. The molecule has 0 aliphatic heterocycles. The van der Waals surface area contributed by atoms with E-state index in [2.05, 4.69) is 20.9 Å². The van der Waals surface area contributed by atoms with Gasteiger partial charge in [0.1, 0.15) is 12.0 Å². The van der Waals surface area contributed by atoms with Crippen LogP contribution in [0.4, 0.5) is 5.69 Å². The summed E-state index contributed by atoms with van der Waals surface area (Å²) in [4.78, 5) is 26.8. The van der Waals surface area contributed by atoms with Crippen LogP contribution in [0, 0.1) is 16.0 Å². The molecule has 1 aromatic carbocycles. The van der Waals surface area contributed by atoms with E-state index in [0.717, 1.165) is 17.3 Å². The van der Waals surface area contributed by atoms with Crippen LogP contribution in [0.15, 0.2) is 28.9 Å². The van der Waals surface area contributed by atoms with Crippen molar-refractivity contribution in [3.05, 3.63) is 44.5 Å². The molecular formula is C14H11BrN2O3. The third kappa shape index (κ3) is 2.43. The maximum absolute atomic E-state index is 12.0. The van der Waals surface area contributed by atoms with Crippen LogP contribution >= 0.6 is 15.9 Å². The molecule has 0 amide bonds. The van der Waals surface area contributed by atoms with Crippen LogP contribution in [-0.2, 0) is 11.2 Å². The van der Waals surface area contributed by atoms with Gasteiger partial charge in [-0.2, -0.15) is 0 Å². The first kappa shape index (κ1) is 13.2. The number of halogens is 1. The first-order valence-corrected chi connectivity index (χ1v) is 7.10. The number of Topliss-reactive ketones (excluding diaryl/α,β-unsaturated/α-hetero) is 1. The average molecular weight is 335 g/mol. The number of hydrogen-bond acceptors (Lipinski definition) is 4. The molecule has 0 spiro atoms. The number of pyridine rings is 1. The smallest absolute Gasteiger partial charge is 0.291 e. The minimum absolute atomic E-state index is 0.0791. The number of rotatable bonds is 4. The lowest BCUT2D eigenvalue weighted by atomic mass is 10.0. The third-order valence-corrected chi connectivity index (χ3v) is 3.99. The zero-order valence-corrected chi connectivity index (χ0v) is 12.1. The molecule has 1 fully saturated rings. The summed E-state index contributed by atoms with van der Waals surface area (Å²) in [7, 11) is 0. The molecule has 1 aliphatic carbocycles. The Morgan fingerprint density at radius 2 is 2.20 bits per heavy atom. The van der Waals surface area contributed by atoms with Gasteiger partial charge in [-0.25, -0.2) is 4.98 Å². The number of fused-ring (bicyclic) bond motifs is 1. The van der Waals surface area contributed by atoms with E-state index < -0.39 is 4.92 Å². The van der Waals surface area contributed by atoms with Crippen molar-refractivity contribution in [2.45, 2.75) is 19.3 Å². The van der Waals surface area contributed by atoms with Crippen LogP contribution in [-0.4, -0.2) is 15.7 Å². The number of ketones is 1. The van der Waals surface area contributed by atoms with Crippen LogP contribution in [0.5, 0.6) is 0 Å². The second-order valence-electron chi connectivity index (χ2n) is 4.96. The molecule has 5 nitrogen and oxygen atoms in total. The minimum Gasteiger partial charge on any atom is -0.299 e. The molecular weight excluding hydrogens is 324 g/mol. The normalized spacial score (nSPS) is 14.4. The fraction of sp³-hybridized carbons (Fsp3) is 0.286. The molecule has 20 heavy (non-hydrogen) atoms. The second-order valence-corrected chi connectivity index (χ2v) is 5.87. The van der Waals surface area contributed by atoms with Crippen LogP contribution in [0.25, 0.3) is 10.9 Å². The van der Waals surface area contributed by atoms with E-state index >= 15 is 0 Å². The fourth-order valence-corrected chi connectivity index (χ4v) is 2.64. The number of benzene rings is 1. The predicted molar refractivity (Wildman–Crippen MR) is 77.5 cm³/mol. The third-order valence-electron chi connectivity index (χ3n) is 3.50. The largest absolute Gasteiger partial charge is 0.299 e. The lowest BCUT2D eigenvalue weighted by molar-refractivity contribution is -0.385. The van der Waals surface area contributed by atoms with Gasteiger partial charge >= 0.3 is 0 Å². The summed E-state index contributed by atoms with van der Waals surface area (Å²) in [5.74, 6) is 0.172. The van der Waals surface area contributed by atoms with Gasteiger partial charge in [0.2, 0.25) is 0 Å². The topological polar surface area (TPSA) is 73.1 Å². The van der Waals surface area contributed by atoms with E-state index in [0.29, 0.717) is 16.5 Å². The van der Waals surface area contributed by atoms with E-state index in [-0.39, 0.29) is 23.8 Å². The maximum atomic E-state index is 12.0. The van der Waals surface area contributed by atoms with Crippen molar-refractivity contribution in [3.63, 3.8) is 0 Å². The Morgan fingerprint density at radius 3 is 2.85 bits per heavy atom. The number of carbonyl (C=O) groups is 1. The molecule has 0 unspecified atom stereocenters. The molecule has 1 aromatic heterocycles. The number of nitrogens with zero attached hydrogens (tertiary/aromatic N) is 2. The highest BCUT2D eigenvalue weighted by Crippen LogP contribution is 2.34. The van der Waals surface area contributed by atoms with Crippen molar-refractivity contribution in [2.24, 2.45) is 5.92 Å². The Hall–Kier alpha value is -1.82. The zero-order valence-electron chi connectivity index (χ0n) is 10.5. The van der Waals surface area contributed by atoms with Gasteiger partial charge in [0.05, 0.1) is 10.4 Å².